The van der Waals surface area contributed by atoms with Crippen LogP contribution in [0.4, 0.5) is 0 Å². The van der Waals surface area contributed by atoms with Crippen LogP contribution in [-0.4, -0.2) is 41.6 Å². The van der Waals surface area contributed by atoms with Gasteiger partial charge in [0.15, 0.2) is 12.4 Å². The van der Waals surface area contributed by atoms with E-state index in [4.69, 9.17) is 4.74 Å². The summed E-state index contributed by atoms with van der Waals surface area (Å²) in [5.74, 6) is -2.50. The highest BCUT2D eigenvalue weighted by Crippen LogP contribution is 2.34. The predicted molar refractivity (Wildman–Crippen MR) is 83.8 cm³/mol. The van der Waals surface area contributed by atoms with E-state index in [1.54, 1.807) is 30.3 Å². The van der Waals surface area contributed by atoms with Gasteiger partial charge in [-0.25, -0.2) is 0 Å². The molecule has 3 rings (SSSR count). The Balaban J connectivity index is 1.55. The summed E-state index contributed by atoms with van der Waals surface area (Å²) >= 11 is 0. The summed E-state index contributed by atoms with van der Waals surface area (Å²) in [7, 11) is 0. The second kappa shape index (κ2) is 6.78. The Morgan fingerprint density at radius 1 is 1.00 bits per heavy atom. The molecular formula is C18H17NO5. The minimum absolute atomic E-state index is 0.333. The number of allylic oxidation sites excluding steroid dienone is 2. The first-order valence-corrected chi connectivity index (χ1v) is 7.82. The van der Waals surface area contributed by atoms with Gasteiger partial charge in [0.05, 0.1) is 11.8 Å². The summed E-state index contributed by atoms with van der Waals surface area (Å²) < 4.78 is 4.92. The van der Waals surface area contributed by atoms with Gasteiger partial charge in [-0.15, -0.1) is 0 Å². The van der Waals surface area contributed by atoms with Gasteiger partial charge in [0.25, 0.3) is 0 Å². The predicted octanol–water partition coefficient (Wildman–Crippen LogP) is 1.36. The summed E-state index contributed by atoms with van der Waals surface area (Å²) in [5.41, 5.74) is 0.440. The van der Waals surface area contributed by atoms with Crippen molar-refractivity contribution in [3.05, 3.63) is 48.0 Å². The molecule has 0 spiro atoms. The molecule has 6 heteroatoms. The quantitative estimate of drug-likeness (QED) is 0.353. The minimum atomic E-state index is -0.757. The summed E-state index contributed by atoms with van der Waals surface area (Å²) in [6.45, 7) is -0.847. The zero-order valence-electron chi connectivity index (χ0n) is 13.0. The Kier molecular flexibility index (Phi) is 4.55. The van der Waals surface area contributed by atoms with Crippen molar-refractivity contribution in [2.75, 3.05) is 13.2 Å². The number of ether oxygens (including phenoxy) is 1. The number of esters is 1. The molecular weight excluding hydrogens is 310 g/mol. The molecule has 0 aromatic heterocycles. The largest absolute Gasteiger partial charge is 0.456 e. The van der Waals surface area contributed by atoms with Crippen molar-refractivity contribution in [1.29, 1.82) is 0 Å². The van der Waals surface area contributed by atoms with Crippen LogP contribution in [-0.2, 0) is 19.1 Å². The molecule has 0 bridgehead atoms. The number of nitrogens with zero attached hydrogens (tertiary/aromatic N) is 1. The molecule has 1 aliphatic heterocycles. The number of carbonyl (C=O) groups excluding carboxylic acids is 4. The maximum Gasteiger partial charge on any atom is 0.326 e. The van der Waals surface area contributed by atoms with Gasteiger partial charge in [0.1, 0.15) is 6.54 Å². The van der Waals surface area contributed by atoms with Crippen LogP contribution in [0.1, 0.15) is 23.2 Å². The monoisotopic (exact) mass is 327 g/mol. The summed E-state index contributed by atoms with van der Waals surface area (Å²) in [5, 5.41) is 0. The lowest BCUT2D eigenvalue weighted by molar-refractivity contribution is -0.152. The molecule has 1 fully saturated rings. The molecule has 1 heterocycles. The smallest absolute Gasteiger partial charge is 0.326 e. The average molecular weight is 327 g/mol. The molecule has 0 saturated carbocycles. The van der Waals surface area contributed by atoms with Crippen molar-refractivity contribution in [3.8, 4) is 0 Å². The van der Waals surface area contributed by atoms with Gasteiger partial charge in [0.2, 0.25) is 11.8 Å². The molecule has 6 nitrogen and oxygen atoms in total. The third kappa shape index (κ3) is 3.13. The second-order valence-corrected chi connectivity index (χ2v) is 5.87. The fraction of sp³-hybridized carbons (Fsp3) is 0.333. The van der Waals surface area contributed by atoms with Crippen LogP contribution in [0.3, 0.4) is 0 Å². The van der Waals surface area contributed by atoms with Gasteiger partial charge >= 0.3 is 5.97 Å². The number of rotatable bonds is 5. The number of likely N-dealkylation sites (tertiary alicyclic amines) is 1. The SMILES string of the molecule is O=C(CN1C(=O)[C@H]2CC=CC[C@H]2C1=O)OCC(=O)c1ccccc1. The van der Waals surface area contributed by atoms with E-state index in [0.29, 0.717) is 18.4 Å². The van der Waals surface area contributed by atoms with Crippen LogP contribution < -0.4 is 0 Å². The van der Waals surface area contributed by atoms with Crippen LogP contribution in [0, 0.1) is 11.8 Å². The number of benzene rings is 1. The van der Waals surface area contributed by atoms with Crippen molar-refractivity contribution < 1.29 is 23.9 Å². The van der Waals surface area contributed by atoms with Crippen molar-refractivity contribution in [3.63, 3.8) is 0 Å². The molecule has 0 unspecified atom stereocenters. The van der Waals surface area contributed by atoms with Crippen LogP contribution >= 0.6 is 0 Å². The van der Waals surface area contributed by atoms with Crippen molar-refractivity contribution in [2.24, 2.45) is 11.8 Å². The van der Waals surface area contributed by atoms with Crippen molar-refractivity contribution in [1.82, 2.24) is 4.90 Å². The van der Waals surface area contributed by atoms with Crippen molar-refractivity contribution in [2.45, 2.75) is 12.8 Å². The molecule has 1 saturated heterocycles. The standard InChI is InChI=1S/C18H17NO5/c20-15(12-6-2-1-3-7-12)11-24-16(21)10-19-17(22)13-8-4-5-9-14(13)18(19)23/h1-7,13-14H,8-11H2/t13-,14+. The number of ketones is 1. The highest BCUT2D eigenvalue weighted by Gasteiger charge is 2.47. The lowest BCUT2D eigenvalue weighted by atomic mass is 9.85. The zero-order valence-corrected chi connectivity index (χ0v) is 13.0. The van der Waals surface area contributed by atoms with Crippen LogP contribution in [0.5, 0.6) is 0 Å². The number of fused-ring (bicyclic) bond motifs is 1. The molecule has 2 aliphatic rings. The fourth-order valence-electron chi connectivity index (χ4n) is 3.05. The molecule has 0 N–H and O–H groups in total. The van der Waals surface area contributed by atoms with E-state index in [1.807, 2.05) is 12.2 Å². The van der Waals surface area contributed by atoms with Gasteiger partial charge < -0.3 is 4.74 Å². The molecule has 124 valence electrons. The number of hydrogen-bond donors (Lipinski definition) is 0. The van der Waals surface area contributed by atoms with Crippen LogP contribution in [0.2, 0.25) is 0 Å². The summed E-state index contributed by atoms with van der Waals surface area (Å²) in [6, 6.07) is 8.46. The summed E-state index contributed by atoms with van der Waals surface area (Å²) in [6.07, 6.45) is 4.81. The number of imide groups is 1. The third-order valence-corrected chi connectivity index (χ3v) is 4.35. The normalized spacial score (nSPS) is 22.4. The van der Waals surface area contributed by atoms with Gasteiger partial charge in [-0.2, -0.15) is 0 Å². The highest BCUT2D eigenvalue weighted by atomic mass is 16.5. The van der Waals surface area contributed by atoms with E-state index in [1.165, 1.54) is 0 Å². The zero-order chi connectivity index (χ0) is 17.1. The Hall–Kier alpha value is -2.76. The fourth-order valence-corrected chi connectivity index (χ4v) is 3.05. The van der Waals surface area contributed by atoms with Crippen LogP contribution in [0.25, 0.3) is 0 Å². The lowest BCUT2D eigenvalue weighted by Crippen LogP contribution is -2.37. The van der Waals surface area contributed by atoms with Gasteiger partial charge in [0, 0.05) is 5.56 Å². The maximum atomic E-state index is 12.2. The van der Waals surface area contributed by atoms with E-state index in [9.17, 15) is 19.2 Å². The van der Waals surface area contributed by atoms with Crippen molar-refractivity contribution >= 4 is 23.6 Å². The molecule has 0 radical (unpaired) electrons. The Labute approximate surface area is 139 Å². The highest BCUT2D eigenvalue weighted by molar-refractivity contribution is 6.07. The molecule has 24 heavy (non-hydrogen) atoms. The average Bonchev–Trinajstić information content (AvgIpc) is 2.86. The van der Waals surface area contributed by atoms with E-state index < -0.39 is 19.1 Å². The number of carbonyl (C=O) groups is 4. The first-order chi connectivity index (χ1) is 11.6. The van der Waals surface area contributed by atoms with E-state index in [-0.39, 0.29) is 29.4 Å². The van der Waals surface area contributed by atoms with Gasteiger partial charge in [-0.3, -0.25) is 24.1 Å². The van der Waals surface area contributed by atoms with Gasteiger partial charge in [-0.05, 0) is 12.8 Å². The first kappa shape index (κ1) is 16.1. The van der Waals surface area contributed by atoms with E-state index in [2.05, 4.69) is 0 Å². The van der Waals surface area contributed by atoms with Crippen LogP contribution in [0.15, 0.2) is 42.5 Å². The Morgan fingerprint density at radius 3 is 2.17 bits per heavy atom. The lowest BCUT2D eigenvalue weighted by Gasteiger charge is -2.14. The number of hydrogen-bond acceptors (Lipinski definition) is 5. The van der Waals surface area contributed by atoms with Gasteiger partial charge in [-0.1, -0.05) is 42.5 Å². The topological polar surface area (TPSA) is 80.8 Å². The number of Topliss-reactive ketones (excluding diaryl/α,β-unsaturated/α-hetero) is 1. The van der Waals surface area contributed by atoms with E-state index >= 15 is 0 Å². The molecule has 1 aliphatic carbocycles. The third-order valence-electron chi connectivity index (χ3n) is 4.35. The summed E-state index contributed by atoms with van der Waals surface area (Å²) in [4.78, 5) is 49.2. The maximum absolute atomic E-state index is 12.2. The first-order valence-electron chi connectivity index (χ1n) is 7.82. The number of amides is 2. The Bertz CT molecular complexity index is 683. The second-order valence-electron chi connectivity index (χ2n) is 5.87. The minimum Gasteiger partial charge on any atom is -0.456 e. The molecule has 1 aromatic carbocycles. The molecule has 2 amide bonds. The molecule has 2 atom stereocenters. The Morgan fingerprint density at radius 2 is 1.58 bits per heavy atom. The molecule has 1 aromatic rings. The van der Waals surface area contributed by atoms with E-state index in [0.717, 1.165) is 4.90 Å².